The van der Waals surface area contributed by atoms with E-state index in [2.05, 4.69) is 4.98 Å². The fourth-order valence-electron chi connectivity index (χ4n) is 2.30. The van der Waals surface area contributed by atoms with Crippen LogP contribution in [0, 0.1) is 6.92 Å². The lowest BCUT2D eigenvalue weighted by molar-refractivity contribution is 0.242. The van der Waals surface area contributed by atoms with E-state index in [1.54, 1.807) is 0 Å². The Balaban J connectivity index is 1.71. The summed E-state index contributed by atoms with van der Waals surface area (Å²) in [6.45, 7) is 6.29. The molecule has 4 nitrogen and oxygen atoms in total. The Morgan fingerprint density at radius 3 is 2.33 bits per heavy atom. The number of rotatable bonds is 6. The normalized spacial score (nSPS) is 10.8. The largest absolute Gasteiger partial charge is 0.491 e. The fraction of sp³-hybridized carbons (Fsp3) is 0.250. The van der Waals surface area contributed by atoms with Gasteiger partial charge in [0.1, 0.15) is 29.6 Å². The Bertz CT molecular complexity index is 776. The van der Waals surface area contributed by atoms with Crippen LogP contribution < -0.4 is 9.47 Å². The average molecular weight is 323 g/mol. The number of para-hydroxylation sites is 1. The van der Waals surface area contributed by atoms with E-state index in [9.17, 15) is 0 Å². The standard InChI is InChI=1S/C20H21NO3/c1-14(2)23-18-11-9-16(10-12-18)20-21-19(15(3)24-20)13-22-17-7-5-4-6-8-17/h4-12,14H,13H2,1-3H3. The van der Waals surface area contributed by atoms with Crippen molar-refractivity contribution in [2.24, 2.45) is 0 Å². The van der Waals surface area contributed by atoms with Crippen LogP contribution in [0.3, 0.4) is 0 Å². The van der Waals surface area contributed by atoms with Crippen molar-refractivity contribution in [1.29, 1.82) is 0 Å². The highest BCUT2D eigenvalue weighted by atomic mass is 16.5. The summed E-state index contributed by atoms with van der Waals surface area (Å²) in [6, 6.07) is 17.4. The minimum atomic E-state index is 0.154. The molecular formula is C20H21NO3. The molecule has 0 N–H and O–H groups in total. The number of benzene rings is 2. The van der Waals surface area contributed by atoms with Gasteiger partial charge >= 0.3 is 0 Å². The second-order valence-corrected chi connectivity index (χ2v) is 5.81. The van der Waals surface area contributed by atoms with Gasteiger partial charge in [-0.15, -0.1) is 0 Å². The lowest BCUT2D eigenvalue weighted by Crippen LogP contribution is -2.05. The summed E-state index contributed by atoms with van der Waals surface area (Å²) in [4.78, 5) is 4.55. The first-order valence-electron chi connectivity index (χ1n) is 8.03. The highest BCUT2D eigenvalue weighted by Gasteiger charge is 2.12. The minimum absolute atomic E-state index is 0.154. The van der Waals surface area contributed by atoms with E-state index in [0.717, 1.165) is 28.5 Å². The number of hydrogen-bond acceptors (Lipinski definition) is 4. The van der Waals surface area contributed by atoms with Crippen molar-refractivity contribution >= 4 is 0 Å². The lowest BCUT2D eigenvalue weighted by atomic mass is 10.2. The van der Waals surface area contributed by atoms with Crippen molar-refractivity contribution in [1.82, 2.24) is 4.98 Å². The maximum Gasteiger partial charge on any atom is 0.226 e. The van der Waals surface area contributed by atoms with E-state index in [4.69, 9.17) is 13.9 Å². The van der Waals surface area contributed by atoms with E-state index in [-0.39, 0.29) is 6.10 Å². The Morgan fingerprint density at radius 2 is 1.67 bits per heavy atom. The Morgan fingerprint density at radius 1 is 0.958 bits per heavy atom. The van der Waals surface area contributed by atoms with Gasteiger partial charge in [0.15, 0.2) is 0 Å². The summed E-state index contributed by atoms with van der Waals surface area (Å²) in [5.41, 5.74) is 1.72. The molecule has 0 radical (unpaired) electrons. The summed E-state index contributed by atoms with van der Waals surface area (Å²) < 4.78 is 17.2. The zero-order valence-corrected chi connectivity index (χ0v) is 14.2. The van der Waals surface area contributed by atoms with Gasteiger partial charge in [0.2, 0.25) is 5.89 Å². The molecule has 2 aromatic carbocycles. The van der Waals surface area contributed by atoms with E-state index >= 15 is 0 Å². The third-order valence-corrected chi connectivity index (χ3v) is 3.48. The molecule has 0 saturated heterocycles. The van der Waals surface area contributed by atoms with Crippen LogP contribution in [-0.4, -0.2) is 11.1 Å². The zero-order chi connectivity index (χ0) is 16.9. The quantitative estimate of drug-likeness (QED) is 0.639. The summed E-state index contributed by atoms with van der Waals surface area (Å²) in [7, 11) is 0. The number of nitrogens with zero attached hydrogens (tertiary/aromatic N) is 1. The molecule has 0 aliphatic heterocycles. The van der Waals surface area contributed by atoms with Gasteiger partial charge in [-0.05, 0) is 57.2 Å². The SMILES string of the molecule is Cc1oc(-c2ccc(OC(C)C)cc2)nc1COc1ccccc1. The predicted molar refractivity (Wildman–Crippen MR) is 93.2 cm³/mol. The molecule has 1 aromatic heterocycles. The van der Waals surface area contributed by atoms with Crippen LogP contribution in [-0.2, 0) is 6.61 Å². The molecule has 0 aliphatic carbocycles. The van der Waals surface area contributed by atoms with E-state index < -0.39 is 0 Å². The molecule has 1 heterocycles. The van der Waals surface area contributed by atoms with Crippen LogP contribution in [0.5, 0.6) is 11.5 Å². The van der Waals surface area contributed by atoms with E-state index in [1.165, 1.54) is 0 Å². The highest BCUT2D eigenvalue weighted by Crippen LogP contribution is 2.25. The second kappa shape index (κ2) is 7.21. The Labute approximate surface area is 142 Å². The molecule has 24 heavy (non-hydrogen) atoms. The fourth-order valence-corrected chi connectivity index (χ4v) is 2.30. The van der Waals surface area contributed by atoms with Crippen LogP contribution in [0.4, 0.5) is 0 Å². The van der Waals surface area contributed by atoms with Crippen molar-refractivity contribution in [2.75, 3.05) is 0 Å². The third kappa shape index (κ3) is 3.96. The van der Waals surface area contributed by atoms with Crippen molar-refractivity contribution in [3.05, 3.63) is 66.1 Å². The molecule has 0 unspecified atom stereocenters. The molecule has 3 aromatic rings. The molecule has 0 saturated carbocycles. The van der Waals surface area contributed by atoms with Gasteiger partial charge in [-0.2, -0.15) is 0 Å². The molecule has 124 valence electrons. The molecule has 0 spiro atoms. The number of aryl methyl sites for hydroxylation is 1. The number of ether oxygens (including phenoxy) is 2. The van der Waals surface area contributed by atoms with Crippen LogP contribution in [0.1, 0.15) is 25.3 Å². The van der Waals surface area contributed by atoms with Crippen LogP contribution in [0.25, 0.3) is 11.5 Å². The number of aromatic nitrogens is 1. The molecule has 0 amide bonds. The average Bonchev–Trinajstić information content (AvgIpc) is 2.95. The molecule has 0 fully saturated rings. The van der Waals surface area contributed by atoms with Crippen molar-refractivity contribution in [3.63, 3.8) is 0 Å². The summed E-state index contributed by atoms with van der Waals surface area (Å²) in [5.74, 6) is 3.01. The summed E-state index contributed by atoms with van der Waals surface area (Å²) >= 11 is 0. The molecule has 0 bridgehead atoms. The minimum Gasteiger partial charge on any atom is -0.491 e. The highest BCUT2D eigenvalue weighted by molar-refractivity contribution is 5.55. The zero-order valence-electron chi connectivity index (χ0n) is 14.2. The molecular weight excluding hydrogens is 302 g/mol. The molecule has 0 atom stereocenters. The van der Waals surface area contributed by atoms with Crippen molar-refractivity contribution in [3.8, 4) is 23.0 Å². The van der Waals surface area contributed by atoms with Crippen LogP contribution >= 0.6 is 0 Å². The lowest BCUT2D eigenvalue weighted by Gasteiger charge is -2.09. The Hall–Kier alpha value is -2.75. The number of hydrogen-bond donors (Lipinski definition) is 0. The van der Waals surface area contributed by atoms with Gasteiger partial charge in [0.05, 0.1) is 6.10 Å². The van der Waals surface area contributed by atoms with E-state index in [0.29, 0.717) is 12.5 Å². The number of oxazole rings is 1. The first-order valence-corrected chi connectivity index (χ1v) is 8.03. The molecule has 0 aliphatic rings. The monoisotopic (exact) mass is 323 g/mol. The smallest absolute Gasteiger partial charge is 0.226 e. The molecule has 3 rings (SSSR count). The van der Waals surface area contributed by atoms with Gasteiger partial charge in [-0.25, -0.2) is 4.98 Å². The summed E-state index contributed by atoms with van der Waals surface area (Å²) in [5, 5.41) is 0. The Kier molecular flexibility index (Phi) is 4.85. The predicted octanol–water partition coefficient (Wildman–Crippen LogP) is 5.02. The topological polar surface area (TPSA) is 44.5 Å². The first kappa shape index (κ1) is 16.1. The maximum atomic E-state index is 5.78. The van der Waals surface area contributed by atoms with Crippen molar-refractivity contribution in [2.45, 2.75) is 33.5 Å². The van der Waals surface area contributed by atoms with Gasteiger partial charge in [0.25, 0.3) is 0 Å². The van der Waals surface area contributed by atoms with Gasteiger partial charge in [-0.1, -0.05) is 18.2 Å². The van der Waals surface area contributed by atoms with Gasteiger partial charge in [-0.3, -0.25) is 0 Å². The van der Waals surface area contributed by atoms with Crippen LogP contribution in [0.15, 0.2) is 59.0 Å². The summed E-state index contributed by atoms with van der Waals surface area (Å²) in [6.07, 6.45) is 0.154. The van der Waals surface area contributed by atoms with Crippen molar-refractivity contribution < 1.29 is 13.9 Å². The van der Waals surface area contributed by atoms with E-state index in [1.807, 2.05) is 75.4 Å². The first-order chi connectivity index (χ1) is 11.6. The van der Waals surface area contributed by atoms with Gasteiger partial charge < -0.3 is 13.9 Å². The molecule has 4 heteroatoms. The van der Waals surface area contributed by atoms with Crippen LogP contribution in [0.2, 0.25) is 0 Å². The third-order valence-electron chi connectivity index (χ3n) is 3.48. The second-order valence-electron chi connectivity index (χ2n) is 5.81. The maximum absolute atomic E-state index is 5.78. The van der Waals surface area contributed by atoms with Gasteiger partial charge in [0, 0.05) is 5.56 Å².